The standard InChI is InChI=1S/C11H15N5/c1-4-12-11-14-8(2)5-10(15-11)9-6-13-16(3)7-9/h5-7H,4H2,1-3H3,(H,12,14,15). The molecular formula is C11H15N5. The summed E-state index contributed by atoms with van der Waals surface area (Å²) in [6.45, 7) is 4.80. The van der Waals surface area contributed by atoms with Gasteiger partial charge in [-0.2, -0.15) is 5.10 Å². The van der Waals surface area contributed by atoms with Crippen LogP contribution in [0, 0.1) is 6.92 Å². The number of aryl methyl sites for hydroxylation is 2. The number of hydrogen-bond donors (Lipinski definition) is 1. The third kappa shape index (κ3) is 2.18. The van der Waals surface area contributed by atoms with Crippen LogP contribution in [0.25, 0.3) is 11.3 Å². The maximum Gasteiger partial charge on any atom is 0.223 e. The van der Waals surface area contributed by atoms with E-state index in [1.807, 2.05) is 33.2 Å². The molecule has 16 heavy (non-hydrogen) atoms. The number of rotatable bonds is 3. The molecule has 0 spiro atoms. The Kier molecular flexibility index (Phi) is 2.85. The quantitative estimate of drug-likeness (QED) is 0.848. The van der Waals surface area contributed by atoms with Gasteiger partial charge in [-0.3, -0.25) is 4.68 Å². The first-order valence-electron chi connectivity index (χ1n) is 5.27. The Morgan fingerprint density at radius 2 is 2.19 bits per heavy atom. The van der Waals surface area contributed by atoms with E-state index in [1.54, 1.807) is 10.9 Å². The minimum absolute atomic E-state index is 0.668. The van der Waals surface area contributed by atoms with Gasteiger partial charge in [0.1, 0.15) is 0 Å². The number of anilines is 1. The summed E-state index contributed by atoms with van der Waals surface area (Å²) in [5.41, 5.74) is 2.86. The van der Waals surface area contributed by atoms with E-state index in [4.69, 9.17) is 0 Å². The van der Waals surface area contributed by atoms with E-state index in [1.165, 1.54) is 0 Å². The van der Waals surface area contributed by atoms with Crippen molar-refractivity contribution in [3.8, 4) is 11.3 Å². The van der Waals surface area contributed by atoms with Crippen molar-refractivity contribution in [1.29, 1.82) is 0 Å². The first kappa shape index (κ1) is 10.6. The first-order chi connectivity index (χ1) is 7.69. The maximum atomic E-state index is 4.43. The number of nitrogens with one attached hydrogen (secondary N) is 1. The minimum atomic E-state index is 0.668. The van der Waals surface area contributed by atoms with Crippen LogP contribution >= 0.6 is 0 Å². The molecular weight excluding hydrogens is 202 g/mol. The van der Waals surface area contributed by atoms with Crippen LogP contribution in [0.3, 0.4) is 0 Å². The van der Waals surface area contributed by atoms with E-state index in [0.717, 1.165) is 23.5 Å². The molecule has 0 fully saturated rings. The largest absolute Gasteiger partial charge is 0.354 e. The second-order valence-corrected chi connectivity index (χ2v) is 3.65. The summed E-state index contributed by atoms with van der Waals surface area (Å²) in [5, 5.41) is 7.25. The third-order valence-corrected chi connectivity index (χ3v) is 2.19. The van der Waals surface area contributed by atoms with Crippen LogP contribution < -0.4 is 5.32 Å². The Morgan fingerprint density at radius 1 is 1.38 bits per heavy atom. The highest BCUT2D eigenvalue weighted by Gasteiger charge is 2.05. The fourth-order valence-electron chi connectivity index (χ4n) is 1.51. The molecule has 5 heteroatoms. The molecule has 0 atom stereocenters. The van der Waals surface area contributed by atoms with Gasteiger partial charge in [0, 0.05) is 31.0 Å². The average Bonchev–Trinajstić information content (AvgIpc) is 2.64. The molecule has 5 nitrogen and oxygen atoms in total. The van der Waals surface area contributed by atoms with Gasteiger partial charge in [-0.15, -0.1) is 0 Å². The van der Waals surface area contributed by atoms with E-state index in [2.05, 4.69) is 20.4 Å². The Balaban J connectivity index is 2.40. The molecule has 0 aliphatic heterocycles. The van der Waals surface area contributed by atoms with Gasteiger partial charge in [0.2, 0.25) is 5.95 Å². The monoisotopic (exact) mass is 217 g/mol. The first-order valence-corrected chi connectivity index (χ1v) is 5.27. The van der Waals surface area contributed by atoms with Crippen molar-refractivity contribution in [3.05, 3.63) is 24.2 Å². The summed E-state index contributed by atoms with van der Waals surface area (Å²) >= 11 is 0. The smallest absolute Gasteiger partial charge is 0.223 e. The van der Waals surface area contributed by atoms with Crippen molar-refractivity contribution in [2.75, 3.05) is 11.9 Å². The molecule has 84 valence electrons. The normalized spacial score (nSPS) is 10.4. The molecule has 0 aromatic carbocycles. The molecule has 0 aliphatic carbocycles. The average molecular weight is 217 g/mol. The number of hydrogen-bond acceptors (Lipinski definition) is 4. The van der Waals surface area contributed by atoms with Gasteiger partial charge in [-0.25, -0.2) is 9.97 Å². The lowest BCUT2D eigenvalue weighted by Gasteiger charge is -2.04. The van der Waals surface area contributed by atoms with Crippen molar-refractivity contribution in [1.82, 2.24) is 19.7 Å². The molecule has 0 saturated heterocycles. The highest BCUT2D eigenvalue weighted by Crippen LogP contribution is 2.17. The van der Waals surface area contributed by atoms with Gasteiger partial charge >= 0.3 is 0 Å². The Hall–Kier alpha value is -1.91. The van der Waals surface area contributed by atoms with E-state index in [-0.39, 0.29) is 0 Å². The van der Waals surface area contributed by atoms with Crippen LogP contribution in [0.2, 0.25) is 0 Å². The molecule has 0 unspecified atom stereocenters. The van der Waals surface area contributed by atoms with Gasteiger partial charge in [0.05, 0.1) is 11.9 Å². The second kappa shape index (κ2) is 4.30. The summed E-state index contributed by atoms with van der Waals surface area (Å²) in [4.78, 5) is 8.74. The second-order valence-electron chi connectivity index (χ2n) is 3.65. The highest BCUT2D eigenvalue weighted by molar-refractivity contribution is 5.58. The van der Waals surface area contributed by atoms with E-state index >= 15 is 0 Å². The Bertz CT molecular complexity index is 489. The van der Waals surface area contributed by atoms with Crippen molar-refractivity contribution in [2.45, 2.75) is 13.8 Å². The van der Waals surface area contributed by atoms with E-state index < -0.39 is 0 Å². The zero-order valence-electron chi connectivity index (χ0n) is 9.73. The summed E-state index contributed by atoms with van der Waals surface area (Å²) < 4.78 is 1.76. The van der Waals surface area contributed by atoms with Crippen molar-refractivity contribution in [3.63, 3.8) is 0 Å². The third-order valence-electron chi connectivity index (χ3n) is 2.19. The van der Waals surface area contributed by atoms with Gasteiger partial charge in [0.25, 0.3) is 0 Å². The molecule has 1 N–H and O–H groups in total. The van der Waals surface area contributed by atoms with Gasteiger partial charge in [-0.05, 0) is 19.9 Å². The highest BCUT2D eigenvalue weighted by atomic mass is 15.2. The lowest BCUT2D eigenvalue weighted by atomic mass is 10.2. The van der Waals surface area contributed by atoms with Crippen molar-refractivity contribution < 1.29 is 0 Å². The van der Waals surface area contributed by atoms with Crippen molar-refractivity contribution in [2.24, 2.45) is 7.05 Å². The fraction of sp³-hybridized carbons (Fsp3) is 0.364. The topological polar surface area (TPSA) is 55.6 Å². The lowest BCUT2D eigenvalue weighted by Crippen LogP contribution is -2.03. The maximum absolute atomic E-state index is 4.43. The SMILES string of the molecule is CCNc1nc(C)cc(-c2cnn(C)c2)n1. The van der Waals surface area contributed by atoms with Crippen LogP contribution in [-0.2, 0) is 7.05 Å². The minimum Gasteiger partial charge on any atom is -0.354 e. The molecule has 2 aromatic rings. The van der Waals surface area contributed by atoms with Crippen molar-refractivity contribution >= 4 is 5.95 Å². The summed E-state index contributed by atoms with van der Waals surface area (Å²) in [6, 6.07) is 1.96. The van der Waals surface area contributed by atoms with Crippen LogP contribution in [0.5, 0.6) is 0 Å². The summed E-state index contributed by atoms with van der Waals surface area (Å²) in [6.07, 6.45) is 3.75. The Labute approximate surface area is 94.5 Å². The number of aromatic nitrogens is 4. The molecule has 2 heterocycles. The molecule has 0 bridgehead atoms. The molecule has 0 aliphatic rings. The van der Waals surface area contributed by atoms with Gasteiger partial charge in [-0.1, -0.05) is 0 Å². The summed E-state index contributed by atoms with van der Waals surface area (Å²) in [7, 11) is 1.89. The van der Waals surface area contributed by atoms with E-state index in [9.17, 15) is 0 Å². The fourth-order valence-corrected chi connectivity index (χ4v) is 1.51. The predicted octanol–water partition coefficient (Wildman–Crippen LogP) is 1.62. The van der Waals surface area contributed by atoms with E-state index in [0.29, 0.717) is 5.95 Å². The molecule has 0 radical (unpaired) electrons. The van der Waals surface area contributed by atoms with Crippen LogP contribution in [-0.4, -0.2) is 26.3 Å². The Morgan fingerprint density at radius 3 is 2.81 bits per heavy atom. The molecule has 0 saturated carbocycles. The number of nitrogens with zero attached hydrogens (tertiary/aromatic N) is 4. The van der Waals surface area contributed by atoms with Crippen LogP contribution in [0.15, 0.2) is 18.5 Å². The van der Waals surface area contributed by atoms with Crippen LogP contribution in [0.1, 0.15) is 12.6 Å². The molecule has 2 rings (SSSR count). The lowest BCUT2D eigenvalue weighted by molar-refractivity contribution is 0.768. The molecule has 0 amide bonds. The zero-order valence-corrected chi connectivity index (χ0v) is 9.73. The van der Waals surface area contributed by atoms with Crippen LogP contribution in [0.4, 0.5) is 5.95 Å². The van der Waals surface area contributed by atoms with Gasteiger partial charge in [0.15, 0.2) is 0 Å². The molecule has 2 aromatic heterocycles. The predicted molar refractivity (Wildman–Crippen MR) is 63.1 cm³/mol. The summed E-state index contributed by atoms with van der Waals surface area (Å²) in [5.74, 6) is 0.668. The van der Waals surface area contributed by atoms with Gasteiger partial charge < -0.3 is 5.32 Å². The zero-order chi connectivity index (χ0) is 11.5.